The monoisotopic (exact) mass is 366 g/mol. The van der Waals surface area contributed by atoms with Gasteiger partial charge < -0.3 is 14.7 Å². The van der Waals surface area contributed by atoms with Gasteiger partial charge in [0.15, 0.2) is 0 Å². The Kier molecular flexibility index (Phi) is 4.56. The van der Waals surface area contributed by atoms with E-state index in [0.29, 0.717) is 11.5 Å². The van der Waals surface area contributed by atoms with Crippen LogP contribution >= 0.6 is 0 Å². The Balaban J connectivity index is 1.60. The molecule has 140 valence electrons. The standard InChI is InChI=1S/C20H23FN6/c1-25(2)19-5-8-23-20(24-19)26-9-6-14-7-10-27(18(14)13-26)17-4-3-16(21)11-15(17)12-22/h3-5,8,11,14,18H,6-7,9-10,13H2,1-2H3. The number of fused-ring (bicyclic) bond motifs is 1. The van der Waals surface area contributed by atoms with Crippen molar-refractivity contribution in [2.24, 2.45) is 5.92 Å². The third kappa shape index (κ3) is 3.27. The van der Waals surface area contributed by atoms with Crippen molar-refractivity contribution in [3.8, 4) is 6.07 Å². The summed E-state index contributed by atoms with van der Waals surface area (Å²) >= 11 is 0. The van der Waals surface area contributed by atoms with Crippen LogP contribution in [0.2, 0.25) is 0 Å². The molecule has 0 spiro atoms. The first kappa shape index (κ1) is 17.5. The molecule has 2 fully saturated rings. The minimum Gasteiger partial charge on any atom is -0.365 e. The fraction of sp³-hybridized carbons (Fsp3) is 0.450. The van der Waals surface area contributed by atoms with Crippen molar-refractivity contribution < 1.29 is 4.39 Å². The number of benzene rings is 1. The zero-order valence-electron chi connectivity index (χ0n) is 15.6. The van der Waals surface area contributed by atoms with Crippen molar-refractivity contribution >= 4 is 17.5 Å². The number of hydrogen-bond donors (Lipinski definition) is 0. The van der Waals surface area contributed by atoms with Crippen LogP contribution in [0.3, 0.4) is 0 Å². The molecule has 4 rings (SSSR count). The van der Waals surface area contributed by atoms with E-state index < -0.39 is 0 Å². The van der Waals surface area contributed by atoms with Gasteiger partial charge in [-0.15, -0.1) is 0 Å². The third-order valence-corrected chi connectivity index (χ3v) is 5.62. The Hall–Kier alpha value is -2.88. The molecule has 0 bridgehead atoms. The quantitative estimate of drug-likeness (QED) is 0.832. The second kappa shape index (κ2) is 7.03. The second-order valence-corrected chi connectivity index (χ2v) is 7.43. The summed E-state index contributed by atoms with van der Waals surface area (Å²) in [7, 11) is 3.93. The van der Waals surface area contributed by atoms with Crippen LogP contribution in [0.1, 0.15) is 18.4 Å². The van der Waals surface area contributed by atoms with Crippen molar-refractivity contribution in [3.63, 3.8) is 0 Å². The number of aromatic nitrogens is 2. The summed E-state index contributed by atoms with van der Waals surface area (Å²) in [6.45, 7) is 2.63. The maximum absolute atomic E-state index is 13.5. The average Bonchev–Trinajstić information content (AvgIpc) is 3.11. The Morgan fingerprint density at radius 1 is 1.22 bits per heavy atom. The van der Waals surface area contributed by atoms with Crippen molar-refractivity contribution in [3.05, 3.63) is 41.8 Å². The minimum absolute atomic E-state index is 0.280. The van der Waals surface area contributed by atoms with Gasteiger partial charge in [0.1, 0.15) is 17.7 Å². The molecule has 0 amide bonds. The van der Waals surface area contributed by atoms with E-state index in [4.69, 9.17) is 0 Å². The first-order valence-corrected chi connectivity index (χ1v) is 9.28. The van der Waals surface area contributed by atoms with Gasteiger partial charge in [-0.05, 0) is 43.0 Å². The van der Waals surface area contributed by atoms with Crippen LogP contribution in [0.25, 0.3) is 0 Å². The van der Waals surface area contributed by atoms with Crippen LogP contribution in [0.15, 0.2) is 30.5 Å². The first-order valence-electron chi connectivity index (χ1n) is 9.28. The zero-order chi connectivity index (χ0) is 19.0. The van der Waals surface area contributed by atoms with Crippen molar-refractivity contribution in [1.29, 1.82) is 5.26 Å². The predicted molar refractivity (Wildman–Crippen MR) is 104 cm³/mol. The molecule has 0 N–H and O–H groups in total. The Labute approximate surface area is 158 Å². The maximum atomic E-state index is 13.5. The topological polar surface area (TPSA) is 59.3 Å². The van der Waals surface area contributed by atoms with Gasteiger partial charge in [-0.2, -0.15) is 10.2 Å². The highest BCUT2D eigenvalue weighted by molar-refractivity contribution is 5.61. The molecule has 2 aromatic rings. The molecule has 27 heavy (non-hydrogen) atoms. The number of rotatable bonds is 3. The van der Waals surface area contributed by atoms with E-state index in [9.17, 15) is 9.65 Å². The van der Waals surface area contributed by atoms with Crippen LogP contribution < -0.4 is 14.7 Å². The second-order valence-electron chi connectivity index (χ2n) is 7.43. The lowest BCUT2D eigenvalue weighted by Crippen LogP contribution is -2.49. The normalized spacial score (nSPS) is 21.7. The van der Waals surface area contributed by atoms with Gasteiger partial charge in [0.25, 0.3) is 0 Å². The summed E-state index contributed by atoms with van der Waals surface area (Å²) in [6.07, 6.45) is 3.96. The van der Waals surface area contributed by atoms with Crippen molar-refractivity contribution in [2.75, 3.05) is 48.4 Å². The van der Waals surface area contributed by atoms with Crippen LogP contribution in [-0.4, -0.2) is 49.7 Å². The van der Waals surface area contributed by atoms with Crippen LogP contribution in [0.4, 0.5) is 21.8 Å². The number of anilines is 3. The van der Waals surface area contributed by atoms with E-state index in [1.807, 2.05) is 25.1 Å². The Morgan fingerprint density at radius 2 is 2.04 bits per heavy atom. The fourth-order valence-electron chi connectivity index (χ4n) is 4.21. The lowest BCUT2D eigenvalue weighted by Gasteiger charge is -2.39. The molecule has 7 heteroatoms. The molecule has 3 heterocycles. The van der Waals surface area contributed by atoms with Crippen molar-refractivity contribution in [2.45, 2.75) is 18.9 Å². The third-order valence-electron chi connectivity index (χ3n) is 5.62. The largest absolute Gasteiger partial charge is 0.365 e. The molecular formula is C20H23FN6. The number of hydrogen-bond acceptors (Lipinski definition) is 6. The SMILES string of the molecule is CN(C)c1ccnc(N2CCC3CCN(c4ccc(F)cc4C#N)C3C2)n1. The minimum atomic E-state index is -0.370. The summed E-state index contributed by atoms with van der Waals surface area (Å²) in [5.74, 6) is 1.84. The molecule has 2 saturated heterocycles. The van der Waals surface area contributed by atoms with Gasteiger partial charge in [0.2, 0.25) is 5.95 Å². The molecule has 6 nitrogen and oxygen atoms in total. The molecule has 0 aliphatic carbocycles. The molecule has 2 atom stereocenters. The summed E-state index contributed by atoms with van der Waals surface area (Å²) in [5.41, 5.74) is 1.23. The molecule has 0 saturated carbocycles. The number of piperidine rings is 1. The van der Waals surface area contributed by atoms with Crippen LogP contribution in [0.5, 0.6) is 0 Å². The Bertz CT molecular complexity index is 877. The molecule has 1 aromatic heterocycles. The average molecular weight is 366 g/mol. The van der Waals surface area contributed by atoms with E-state index in [-0.39, 0.29) is 11.9 Å². The first-order chi connectivity index (χ1) is 13.1. The molecule has 2 aliphatic rings. The van der Waals surface area contributed by atoms with E-state index in [2.05, 4.69) is 25.8 Å². The fourth-order valence-corrected chi connectivity index (χ4v) is 4.21. The summed E-state index contributed by atoms with van der Waals surface area (Å²) < 4.78 is 13.5. The molecule has 1 aromatic carbocycles. The summed E-state index contributed by atoms with van der Waals surface area (Å²) in [6, 6.07) is 8.82. The lowest BCUT2D eigenvalue weighted by atomic mass is 9.92. The predicted octanol–water partition coefficient (Wildman–Crippen LogP) is 2.66. The number of halogens is 1. The molecule has 0 radical (unpaired) electrons. The van der Waals surface area contributed by atoms with Gasteiger partial charge in [0.05, 0.1) is 11.3 Å². The summed E-state index contributed by atoms with van der Waals surface area (Å²) in [5, 5.41) is 9.43. The van der Waals surface area contributed by atoms with Crippen LogP contribution in [0, 0.1) is 23.1 Å². The zero-order valence-corrected chi connectivity index (χ0v) is 15.6. The van der Waals surface area contributed by atoms with Crippen molar-refractivity contribution in [1.82, 2.24) is 9.97 Å². The van der Waals surface area contributed by atoms with Gasteiger partial charge >= 0.3 is 0 Å². The van der Waals surface area contributed by atoms with E-state index in [0.717, 1.165) is 49.9 Å². The highest BCUT2D eigenvalue weighted by atomic mass is 19.1. The van der Waals surface area contributed by atoms with Gasteiger partial charge in [0, 0.05) is 46.0 Å². The van der Waals surface area contributed by atoms with E-state index in [1.165, 1.54) is 12.1 Å². The highest BCUT2D eigenvalue weighted by Gasteiger charge is 2.39. The van der Waals surface area contributed by atoms with Gasteiger partial charge in [-0.25, -0.2) is 9.37 Å². The Morgan fingerprint density at radius 3 is 2.81 bits per heavy atom. The lowest BCUT2D eigenvalue weighted by molar-refractivity contribution is 0.387. The number of nitrogens with zero attached hydrogens (tertiary/aromatic N) is 6. The molecule has 2 aliphatic heterocycles. The molecule has 2 unspecified atom stereocenters. The van der Waals surface area contributed by atoms with Gasteiger partial charge in [-0.1, -0.05) is 0 Å². The van der Waals surface area contributed by atoms with Crippen LogP contribution in [-0.2, 0) is 0 Å². The smallest absolute Gasteiger partial charge is 0.227 e. The number of nitriles is 1. The van der Waals surface area contributed by atoms with Gasteiger partial charge in [-0.3, -0.25) is 0 Å². The summed E-state index contributed by atoms with van der Waals surface area (Å²) in [4.78, 5) is 15.6. The van der Waals surface area contributed by atoms with E-state index in [1.54, 1.807) is 12.3 Å². The maximum Gasteiger partial charge on any atom is 0.227 e. The highest BCUT2D eigenvalue weighted by Crippen LogP contribution is 2.37. The molecular weight excluding hydrogens is 343 g/mol. The van der Waals surface area contributed by atoms with E-state index >= 15 is 0 Å².